The Kier molecular flexibility index (Phi) is 29.8. The Balaban J connectivity index is 0. The third-order valence-electron chi connectivity index (χ3n) is 4.72. The first-order chi connectivity index (χ1) is 11.8. The second-order valence-corrected chi connectivity index (χ2v) is 8.11. The fourth-order valence-electron chi connectivity index (χ4n) is 3.16. The Hall–Kier alpha value is 1.75. The molecule has 0 aromatic heterocycles. The van der Waals surface area contributed by atoms with E-state index in [-0.39, 0.29) is 55.8 Å². The van der Waals surface area contributed by atoms with Gasteiger partial charge in [-0.05, 0) is 6.42 Å². The summed E-state index contributed by atoms with van der Waals surface area (Å²) in [5.41, 5.74) is 0. The molecule has 0 aromatic rings. The van der Waals surface area contributed by atoms with E-state index in [1.54, 1.807) is 0 Å². The van der Waals surface area contributed by atoms with Gasteiger partial charge < -0.3 is 29.6 Å². The van der Waals surface area contributed by atoms with Crippen LogP contribution >= 0.6 is 12.2 Å². The zero-order valence-electron chi connectivity index (χ0n) is 17.2. The number of ether oxygens (including phenoxy) is 1. The molecule has 1 nitrogen and oxygen atoms in total. The summed E-state index contributed by atoms with van der Waals surface area (Å²) in [6, 6.07) is 0. The van der Waals surface area contributed by atoms with Crippen LogP contribution in [0.25, 0.3) is 0 Å². The molecular weight excluding hydrogens is 371 g/mol. The van der Waals surface area contributed by atoms with Crippen LogP contribution in [0.5, 0.6) is 0 Å². The molecule has 25 heavy (non-hydrogen) atoms. The van der Waals surface area contributed by atoms with E-state index in [2.05, 4.69) is 6.92 Å². The monoisotopic (exact) mass is 412 g/mol. The molecule has 0 bridgehead atoms. The van der Waals surface area contributed by atoms with Gasteiger partial charge in [0.15, 0.2) is 0 Å². The summed E-state index contributed by atoms with van der Waals surface area (Å²) >= 11 is 9.41. The van der Waals surface area contributed by atoms with Crippen LogP contribution in [0.15, 0.2) is 0 Å². The van der Waals surface area contributed by atoms with Gasteiger partial charge in [-0.15, -0.1) is 0 Å². The molecule has 0 amide bonds. The first-order valence-corrected chi connectivity index (χ1v) is 11.4. The summed E-state index contributed by atoms with van der Waals surface area (Å²) in [5, 5.41) is 0. The van der Waals surface area contributed by atoms with Crippen molar-refractivity contribution in [2.45, 2.75) is 122 Å². The maximum atomic E-state index is 5.12. The van der Waals surface area contributed by atoms with Crippen LogP contribution in [-0.2, 0) is 17.4 Å². The van der Waals surface area contributed by atoms with Crippen molar-refractivity contribution in [1.82, 2.24) is 0 Å². The van der Waals surface area contributed by atoms with Crippen molar-refractivity contribution in [2.75, 3.05) is 6.61 Å². The van der Waals surface area contributed by atoms with E-state index >= 15 is 0 Å². The van der Waals surface area contributed by atoms with E-state index in [1.165, 1.54) is 109 Å². The van der Waals surface area contributed by atoms with Gasteiger partial charge in [-0.2, -0.15) is 0 Å². The smallest absolute Gasteiger partial charge is 0.514 e. The summed E-state index contributed by atoms with van der Waals surface area (Å²) < 4.78 is 5.38. The summed E-state index contributed by atoms with van der Waals surface area (Å²) in [4.78, 5) is 0. The fourth-order valence-corrected chi connectivity index (χ4v) is 3.33. The van der Waals surface area contributed by atoms with Gasteiger partial charge in [-0.3, -0.25) is 0 Å². The standard InChI is InChI=1S/C21H42OS2.K/c1-2-3-4-5-6-7-8-9-10-11-12-13-14-15-16-17-18-19-20-22-21(23)24;/h2-20H2,1H3,(H,23,24);/q;+1/p-1. The first-order valence-electron chi connectivity index (χ1n) is 10.6. The van der Waals surface area contributed by atoms with Crippen LogP contribution in [0, 0.1) is 0 Å². The van der Waals surface area contributed by atoms with Gasteiger partial charge in [0, 0.05) is 4.38 Å². The van der Waals surface area contributed by atoms with Gasteiger partial charge in [-0.1, -0.05) is 116 Å². The summed E-state index contributed by atoms with van der Waals surface area (Å²) in [6.07, 6.45) is 25.2. The van der Waals surface area contributed by atoms with E-state index in [0.29, 0.717) is 6.61 Å². The molecule has 0 saturated carbocycles. The minimum atomic E-state index is 0. The van der Waals surface area contributed by atoms with Gasteiger partial charge in [0.1, 0.15) is 0 Å². The molecule has 0 saturated heterocycles. The van der Waals surface area contributed by atoms with Gasteiger partial charge in [-0.25, -0.2) is 0 Å². The average molecular weight is 413 g/mol. The molecule has 4 heteroatoms. The van der Waals surface area contributed by atoms with E-state index in [1.807, 2.05) is 0 Å². The minimum absolute atomic E-state index is 0. The molecule has 0 radical (unpaired) electrons. The maximum Gasteiger partial charge on any atom is 1.00 e. The average Bonchev–Trinajstić information content (AvgIpc) is 2.56. The zero-order valence-corrected chi connectivity index (χ0v) is 21.9. The Morgan fingerprint density at radius 3 is 1.16 bits per heavy atom. The number of thiocarbonyl (C=S) groups is 1. The van der Waals surface area contributed by atoms with Gasteiger partial charge >= 0.3 is 51.4 Å². The number of unbranched alkanes of at least 4 members (excludes halogenated alkanes) is 17. The molecule has 0 heterocycles. The third-order valence-corrected chi connectivity index (χ3v) is 4.95. The van der Waals surface area contributed by atoms with Crippen LogP contribution in [0.1, 0.15) is 122 Å². The second-order valence-electron chi connectivity index (χ2n) is 7.11. The van der Waals surface area contributed by atoms with Gasteiger partial charge in [0.25, 0.3) is 0 Å². The van der Waals surface area contributed by atoms with Crippen molar-refractivity contribution >= 4 is 29.2 Å². The molecule has 0 atom stereocenters. The van der Waals surface area contributed by atoms with Crippen molar-refractivity contribution in [3.05, 3.63) is 0 Å². The molecule has 0 aliphatic heterocycles. The van der Waals surface area contributed by atoms with Crippen molar-refractivity contribution in [2.24, 2.45) is 0 Å². The van der Waals surface area contributed by atoms with Crippen LogP contribution < -0.4 is 51.4 Å². The number of rotatable bonds is 19. The SMILES string of the molecule is CCCCCCCCCCCCCCCCCCCCOC(=S)[S-].[K+]. The summed E-state index contributed by atoms with van der Waals surface area (Å²) in [6.45, 7) is 3.00. The van der Waals surface area contributed by atoms with Crippen molar-refractivity contribution < 1.29 is 56.1 Å². The zero-order chi connectivity index (χ0) is 17.7. The van der Waals surface area contributed by atoms with Crippen LogP contribution in [-0.4, -0.2) is 11.0 Å². The Morgan fingerprint density at radius 2 is 0.880 bits per heavy atom. The Labute approximate surface area is 212 Å². The Bertz CT molecular complexity index is 262. The topological polar surface area (TPSA) is 9.23 Å². The predicted octanol–water partition coefficient (Wildman–Crippen LogP) is 4.88. The molecule has 0 aliphatic carbocycles. The number of hydrogen-bond acceptors (Lipinski definition) is 3. The normalized spacial score (nSPS) is 10.4. The van der Waals surface area contributed by atoms with Crippen molar-refractivity contribution in [1.29, 1.82) is 0 Å². The molecule has 0 fully saturated rings. The molecule has 0 N–H and O–H groups in total. The quantitative estimate of drug-likeness (QED) is 0.129. The van der Waals surface area contributed by atoms with Crippen LogP contribution in [0.3, 0.4) is 0 Å². The first kappa shape index (κ1) is 29.0. The van der Waals surface area contributed by atoms with Crippen LogP contribution in [0.2, 0.25) is 0 Å². The van der Waals surface area contributed by atoms with Gasteiger partial charge in [0.05, 0.1) is 6.61 Å². The third kappa shape index (κ3) is 28.1. The van der Waals surface area contributed by atoms with E-state index in [4.69, 9.17) is 29.6 Å². The molecule has 0 aliphatic rings. The van der Waals surface area contributed by atoms with Gasteiger partial charge in [0.2, 0.25) is 0 Å². The van der Waals surface area contributed by atoms with E-state index in [9.17, 15) is 0 Å². The molecule has 0 unspecified atom stereocenters. The van der Waals surface area contributed by atoms with Crippen LogP contribution in [0.4, 0.5) is 0 Å². The molecular formula is C21H41KOS2. The molecule has 0 rings (SSSR count). The maximum absolute atomic E-state index is 5.12. The minimum Gasteiger partial charge on any atom is -0.514 e. The largest absolute Gasteiger partial charge is 1.00 e. The van der Waals surface area contributed by atoms with Crippen molar-refractivity contribution in [3.63, 3.8) is 0 Å². The van der Waals surface area contributed by atoms with E-state index in [0.717, 1.165) is 6.42 Å². The Morgan fingerprint density at radius 1 is 0.600 bits per heavy atom. The second kappa shape index (κ2) is 25.7. The fraction of sp³-hybridized carbons (Fsp3) is 0.952. The summed E-state index contributed by atoms with van der Waals surface area (Å²) in [5.74, 6) is 0. The molecule has 0 aromatic carbocycles. The molecule has 0 spiro atoms. The summed E-state index contributed by atoms with van der Waals surface area (Å²) in [7, 11) is 0. The van der Waals surface area contributed by atoms with E-state index < -0.39 is 0 Å². The predicted molar refractivity (Wildman–Crippen MR) is 115 cm³/mol. The molecule has 144 valence electrons. The number of hydrogen-bond donors (Lipinski definition) is 0. The van der Waals surface area contributed by atoms with Crippen molar-refractivity contribution in [3.8, 4) is 0 Å².